The van der Waals surface area contributed by atoms with Gasteiger partial charge in [0.25, 0.3) is 17.4 Å². The van der Waals surface area contributed by atoms with Crippen LogP contribution in [0.1, 0.15) is 44.9 Å². The fourth-order valence-corrected chi connectivity index (χ4v) is 6.53. The number of nitrogens with two attached hydrogens (primary N) is 2. The summed E-state index contributed by atoms with van der Waals surface area (Å²) in [6.45, 7) is 5.31. The Balaban J connectivity index is 1.36. The van der Waals surface area contributed by atoms with E-state index in [1.165, 1.54) is 26.2 Å². The van der Waals surface area contributed by atoms with Crippen LogP contribution in [-0.2, 0) is 53.9 Å². The molecule has 6 N–H and O–H groups in total. The first-order chi connectivity index (χ1) is 22.9. The molecule has 2 unspecified atom stereocenters. The number of rotatable bonds is 13. The summed E-state index contributed by atoms with van der Waals surface area (Å²) in [7, 11) is -3.33. The van der Waals surface area contributed by atoms with E-state index in [2.05, 4.69) is 24.4 Å². The lowest BCUT2D eigenvalue weighted by Crippen LogP contribution is -2.76. The van der Waals surface area contributed by atoms with Gasteiger partial charge >= 0.3 is 5.97 Å². The van der Waals surface area contributed by atoms with E-state index in [4.69, 9.17) is 21.0 Å². The van der Waals surface area contributed by atoms with Crippen molar-refractivity contribution < 1.29 is 51.0 Å². The maximum absolute atomic E-state index is 13.5. The second kappa shape index (κ2) is 13.3. The van der Waals surface area contributed by atoms with Crippen LogP contribution in [0, 0.1) is 0 Å². The third kappa shape index (κ3) is 7.22. The van der Waals surface area contributed by atoms with E-state index >= 15 is 0 Å². The summed E-state index contributed by atoms with van der Waals surface area (Å²) in [4.78, 5) is 48.4. The number of hydrogen-bond donors (Lipinski definition) is 4. The number of benzene rings is 1. The number of carbonyl (C=O) groups is 3. The molecule has 18 nitrogen and oxygen atoms in total. The third-order valence-corrected chi connectivity index (χ3v) is 9.42. The molecule has 2 aliphatic heterocycles. The van der Waals surface area contributed by atoms with Gasteiger partial charge in [0.15, 0.2) is 24.0 Å². The van der Waals surface area contributed by atoms with E-state index in [1.807, 2.05) is 36.3 Å². The average molecular weight is 721 g/mol. The number of fused-ring (bicyclic) bond motifs is 1. The molecule has 2 amide bonds. The Morgan fingerprint density at radius 3 is 2.69 bits per heavy atom. The number of hydrogen-bond acceptors (Lipinski definition) is 14. The Kier molecular flexibility index (Phi) is 9.72. The summed E-state index contributed by atoms with van der Waals surface area (Å²) in [5.74, 6) is -3.01. The normalized spacial score (nSPS) is 20.1. The molecule has 49 heavy (non-hydrogen) atoms. The van der Waals surface area contributed by atoms with Crippen molar-refractivity contribution in [3.8, 4) is 16.9 Å². The number of aryl methyl sites for hydroxylation is 3. The van der Waals surface area contributed by atoms with Gasteiger partial charge in [0.05, 0.1) is 23.8 Å². The number of aliphatic carboxylic acids is 1. The Labute approximate surface area is 285 Å². The van der Waals surface area contributed by atoms with Crippen molar-refractivity contribution in [1.82, 2.24) is 20.0 Å². The summed E-state index contributed by atoms with van der Waals surface area (Å²) in [5, 5.41) is 18.4. The number of carboxylic acids is 1. The number of nitrogens with zero attached hydrogens (tertiary/aromatic N) is 5. The number of amides is 2. The molecule has 1 fully saturated rings. The number of carbonyl (C=O) groups excluding carboxylic acids is 2. The first kappa shape index (κ1) is 35.7. The molecule has 0 spiro atoms. The molecule has 264 valence electrons. The number of ether oxygens (including phenoxy) is 1. The molecule has 1 aromatic carbocycles. The number of anilines is 1. The van der Waals surface area contributed by atoms with E-state index in [0.29, 0.717) is 23.8 Å². The zero-order chi connectivity index (χ0) is 35.9. The predicted octanol–water partition coefficient (Wildman–Crippen LogP) is -0.178. The summed E-state index contributed by atoms with van der Waals surface area (Å²) in [6, 6.07) is 4.27. The van der Waals surface area contributed by atoms with Crippen molar-refractivity contribution >= 4 is 50.4 Å². The molecule has 0 radical (unpaired) electrons. The van der Waals surface area contributed by atoms with Crippen LogP contribution in [0.15, 0.2) is 41.1 Å². The lowest BCUT2D eigenvalue weighted by atomic mass is 9.84. The fourth-order valence-electron chi connectivity index (χ4n) is 5.53. The van der Waals surface area contributed by atoms with Crippen molar-refractivity contribution in [2.24, 2.45) is 17.9 Å². The highest BCUT2D eigenvalue weighted by Gasteiger charge is 2.57. The number of carboxylic acid groups (broad SMARTS) is 1. The van der Waals surface area contributed by atoms with Gasteiger partial charge in [-0.1, -0.05) is 11.2 Å². The van der Waals surface area contributed by atoms with Crippen molar-refractivity contribution in [1.29, 1.82) is 0 Å². The second-order valence-corrected chi connectivity index (χ2v) is 14.1. The molecule has 4 heterocycles. The summed E-state index contributed by atoms with van der Waals surface area (Å²) in [6.07, 6.45) is 4.52. The van der Waals surface area contributed by atoms with Crippen molar-refractivity contribution in [3.63, 3.8) is 0 Å². The zero-order valence-corrected chi connectivity index (χ0v) is 28.6. The first-order valence-electron chi connectivity index (χ1n) is 15.0. The van der Waals surface area contributed by atoms with Gasteiger partial charge in [-0.25, -0.2) is 18.2 Å². The SMILES string of the molecule is C[n+]1cc(-c2ccc3c(c2)CCC([C@](C)(O/N=C(\C(=O)NC2C(=O)N(OS(=O)(=O)[O-])C2(C)C)c2csc(N)n2)C(=O)O)O3)cn1CCCN. The number of β-lactam (4-membered cyclic amide) rings is 1. The average Bonchev–Trinajstić information content (AvgIpc) is 3.64. The minimum atomic E-state index is -5.27. The van der Waals surface area contributed by atoms with Gasteiger partial charge in [0.2, 0.25) is 16.6 Å². The first-order valence-corrected chi connectivity index (χ1v) is 17.2. The topological polar surface area (TPSA) is 258 Å². The number of nitrogens with one attached hydrogen (secondary N) is 1. The maximum atomic E-state index is 13.5. The van der Waals surface area contributed by atoms with Crippen LogP contribution in [0.5, 0.6) is 5.75 Å². The number of oxime groups is 1. The molecule has 0 bridgehead atoms. The van der Waals surface area contributed by atoms with E-state index in [-0.39, 0.29) is 17.2 Å². The van der Waals surface area contributed by atoms with E-state index < -0.39 is 57.2 Å². The molecular formula is C29H36N8O10S2. The molecule has 1 saturated heterocycles. The number of thiazole rings is 1. The predicted molar refractivity (Wildman–Crippen MR) is 171 cm³/mol. The fraction of sp³-hybridized carbons (Fsp3) is 0.448. The molecule has 2 aliphatic rings. The van der Waals surface area contributed by atoms with E-state index in [0.717, 1.165) is 41.0 Å². The smallest absolute Gasteiger partial charge is 0.354 e. The molecule has 20 heteroatoms. The van der Waals surface area contributed by atoms with Gasteiger partial charge in [-0.2, -0.15) is 14.0 Å². The van der Waals surface area contributed by atoms with E-state index in [1.54, 1.807) is 6.07 Å². The Morgan fingerprint density at radius 1 is 1.35 bits per heavy atom. The molecule has 0 aliphatic carbocycles. The van der Waals surface area contributed by atoms with Crippen LogP contribution in [-0.4, -0.2) is 86.1 Å². The maximum Gasteiger partial charge on any atom is 0.354 e. The van der Waals surface area contributed by atoms with Gasteiger partial charge in [0, 0.05) is 5.38 Å². The van der Waals surface area contributed by atoms with E-state index in [9.17, 15) is 32.5 Å². The van der Waals surface area contributed by atoms with Crippen LogP contribution < -0.4 is 26.2 Å². The van der Waals surface area contributed by atoms with Crippen molar-refractivity contribution in [2.75, 3.05) is 12.3 Å². The minimum Gasteiger partial charge on any atom is -0.724 e. The van der Waals surface area contributed by atoms with Gasteiger partial charge in [-0.3, -0.25) is 9.59 Å². The lowest BCUT2D eigenvalue weighted by molar-refractivity contribution is -0.753. The monoisotopic (exact) mass is 720 g/mol. The highest BCUT2D eigenvalue weighted by molar-refractivity contribution is 7.80. The Hall–Kier alpha value is -4.63. The molecule has 5 rings (SSSR count). The van der Waals surface area contributed by atoms with Crippen molar-refractivity contribution in [2.45, 2.75) is 69.9 Å². The van der Waals surface area contributed by atoms with Crippen LogP contribution in [0.25, 0.3) is 11.1 Å². The number of hydroxylamine groups is 2. The van der Waals surface area contributed by atoms with Gasteiger partial charge in [-0.05, 0) is 69.8 Å². The second-order valence-electron chi connectivity index (χ2n) is 12.3. The highest BCUT2D eigenvalue weighted by Crippen LogP contribution is 2.37. The third-order valence-electron chi connectivity index (χ3n) is 8.41. The molecular weight excluding hydrogens is 684 g/mol. The Morgan fingerprint density at radius 2 is 2.08 bits per heavy atom. The van der Waals surface area contributed by atoms with Crippen LogP contribution in [0.4, 0.5) is 5.13 Å². The number of nitrogen functional groups attached to an aromatic ring is 1. The molecule has 0 saturated carbocycles. The summed E-state index contributed by atoms with van der Waals surface area (Å²) < 4.78 is 47.6. The molecule has 3 aromatic rings. The Bertz CT molecular complexity index is 1920. The van der Waals surface area contributed by atoms with Gasteiger partial charge in [0.1, 0.15) is 17.5 Å². The molecule has 3 atom stereocenters. The zero-order valence-electron chi connectivity index (χ0n) is 27.0. The summed E-state index contributed by atoms with van der Waals surface area (Å²) >= 11 is 0.966. The molecule has 2 aromatic heterocycles. The van der Waals surface area contributed by atoms with Crippen molar-refractivity contribution in [3.05, 3.63) is 47.2 Å². The van der Waals surface area contributed by atoms with Crippen LogP contribution in [0.2, 0.25) is 0 Å². The van der Waals surface area contributed by atoms with Gasteiger partial charge in [-0.15, -0.1) is 16.0 Å². The largest absolute Gasteiger partial charge is 0.724 e. The lowest BCUT2D eigenvalue weighted by Gasteiger charge is -2.51. The van der Waals surface area contributed by atoms with Crippen LogP contribution >= 0.6 is 11.3 Å². The highest BCUT2D eigenvalue weighted by atomic mass is 32.3. The standard InChI is InChI=1S/C29H36N8O10S2/c1-28(2)23(25(39)37(28)47-49(42,43)44)33-24(38)22(19-15-48-27(31)32-19)34-46-29(3,26(40)41)21-9-7-17-12-16(6-8-20(17)45-21)18-13-35(4)36(14-18)11-5-10-30/h6,8,12-15,21,23H,5,7,9-11,30H2,1-4H3,(H4-,31,32,33,38,40,41,42,43,44)/b34-22-/t21?,23?,29-/m0/s1. The van der Waals surface area contributed by atoms with Gasteiger partial charge < -0.3 is 36.0 Å². The van der Waals surface area contributed by atoms with Crippen LogP contribution in [0.3, 0.4) is 0 Å². The summed E-state index contributed by atoms with van der Waals surface area (Å²) in [5.41, 5.74) is 10.1. The quantitative estimate of drug-likeness (QED) is 0.0447. The number of aromatic nitrogens is 3. The minimum absolute atomic E-state index is 0.0595.